The normalized spacial score (nSPS) is 23.1. The van der Waals surface area contributed by atoms with Crippen molar-refractivity contribution in [3.05, 3.63) is 102 Å². The lowest BCUT2D eigenvalue weighted by molar-refractivity contribution is 0.144. The molecular weight excluding hydrogens is 510 g/mol. The Bertz CT molecular complexity index is 1640. The van der Waals surface area contributed by atoms with Crippen LogP contribution in [0.1, 0.15) is 43.1 Å². The summed E-state index contributed by atoms with van der Waals surface area (Å²) in [4.78, 5) is 6.38. The molecule has 4 heterocycles. The molecular formula is C30H30F2N8. The maximum Gasteiger partial charge on any atom is 0.130 e. The highest BCUT2D eigenvalue weighted by molar-refractivity contribution is 5.95. The van der Waals surface area contributed by atoms with Crippen LogP contribution in [0.2, 0.25) is 0 Å². The van der Waals surface area contributed by atoms with Crippen LogP contribution in [0, 0.1) is 11.6 Å². The molecule has 2 aromatic heterocycles. The van der Waals surface area contributed by atoms with Gasteiger partial charge in [-0.25, -0.2) is 18.5 Å². The number of likely N-dealkylation sites (tertiary alicyclic amines) is 1. The maximum atomic E-state index is 14.3. The standard InChI is InChI=1S/C30H30F2N8/c1-20-33-13-4-6-21(11-14-34-20)29-23-16-22(9-10-27(23)35-37-29)40-18-28(36-38-40)30(2)12-5-15-39(19-30)17-24-25(31)7-3-8-26(24)32/h3-4,7-11,13-14,16,18,33H,1,5-6,12,15,17,19H2,2H3,(H,35,37)/b13-4-,21-11+,34-14-/t30-/m0/s1. The molecule has 0 amide bonds. The first-order valence-corrected chi connectivity index (χ1v) is 13.3. The number of halogens is 2. The fraction of sp³-hybridized carbons (Fsp3) is 0.267. The number of aliphatic imine (C=N–C) groups is 1. The molecule has 4 aromatic rings. The summed E-state index contributed by atoms with van der Waals surface area (Å²) in [6, 6.07) is 10.0. The molecule has 2 aromatic carbocycles. The average Bonchev–Trinajstić information content (AvgIpc) is 3.61. The molecule has 0 bridgehead atoms. The van der Waals surface area contributed by atoms with Gasteiger partial charge in [0, 0.05) is 35.7 Å². The molecule has 0 radical (unpaired) electrons. The van der Waals surface area contributed by atoms with E-state index in [1.165, 1.54) is 18.2 Å². The van der Waals surface area contributed by atoms with Crippen molar-refractivity contribution in [1.82, 2.24) is 35.4 Å². The summed E-state index contributed by atoms with van der Waals surface area (Å²) < 4.78 is 30.4. The smallest absolute Gasteiger partial charge is 0.130 e. The molecule has 10 heteroatoms. The van der Waals surface area contributed by atoms with E-state index in [4.69, 9.17) is 0 Å². The Kier molecular flexibility index (Phi) is 6.85. The van der Waals surface area contributed by atoms with E-state index in [0.29, 0.717) is 18.8 Å². The number of nitrogens with one attached hydrogen (secondary N) is 2. The van der Waals surface area contributed by atoms with Gasteiger partial charge in [-0.05, 0) is 74.0 Å². The molecule has 0 unspecified atom stereocenters. The molecule has 2 aliphatic rings. The first-order valence-electron chi connectivity index (χ1n) is 13.3. The van der Waals surface area contributed by atoms with Crippen LogP contribution in [0.3, 0.4) is 0 Å². The van der Waals surface area contributed by atoms with Crippen molar-refractivity contribution in [2.75, 3.05) is 13.1 Å². The lowest BCUT2D eigenvalue weighted by atomic mass is 9.79. The first kappa shape index (κ1) is 25.8. The minimum absolute atomic E-state index is 0.109. The number of hydrogen-bond donors (Lipinski definition) is 2. The van der Waals surface area contributed by atoms with Crippen molar-refractivity contribution in [3.63, 3.8) is 0 Å². The van der Waals surface area contributed by atoms with Crippen LogP contribution in [0.25, 0.3) is 22.2 Å². The van der Waals surface area contributed by atoms with Crippen molar-refractivity contribution in [1.29, 1.82) is 0 Å². The molecule has 1 saturated heterocycles. The zero-order valence-corrected chi connectivity index (χ0v) is 22.2. The van der Waals surface area contributed by atoms with E-state index < -0.39 is 11.6 Å². The third-order valence-corrected chi connectivity index (χ3v) is 7.66. The van der Waals surface area contributed by atoms with Crippen LogP contribution >= 0.6 is 0 Å². The SMILES string of the molecule is C=C1/N=C\C=C(\c2n[nH]c3ccc(-n4cc([C@@]5(C)CCCN(Cc6c(F)cccc6F)C5)nn4)cc23)C/C=C\N1. The molecule has 0 spiro atoms. The van der Waals surface area contributed by atoms with E-state index in [9.17, 15) is 8.78 Å². The summed E-state index contributed by atoms with van der Waals surface area (Å²) in [6.45, 7) is 7.63. The Balaban J connectivity index is 1.26. The van der Waals surface area contributed by atoms with Gasteiger partial charge in [-0.2, -0.15) is 5.10 Å². The lowest BCUT2D eigenvalue weighted by Gasteiger charge is -2.39. The number of H-pyrrole nitrogens is 1. The number of benzene rings is 2. The molecule has 1 atom stereocenters. The van der Waals surface area contributed by atoms with E-state index in [1.54, 1.807) is 10.9 Å². The van der Waals surface area contributed by atoms with Crippen LogP contribution in [0.15, 0.2) is 78.3 Å². The van der Waals surface area contributed by atoms with Gasteiger partial charge >= 0.3 is 0 Å². The average molecular weight is 541 g/mol. The minimum atomic E-state index is -0.511. The van der Waals surface area contributed by atoms with Gasteiger partial charge in [-0.3, -0.25) is 10.00 Å². The van der Waals surface area contributed by atoms with E-state index in [-0.39, 0.29) is 17.5 Å². The number of piperidine rings is 1. The van der Waals surface area contributed by atoms with E-state index in [0.717, 1.165) is 52.9 Å². The second-order valence-corrected chi connectivity index (χ2v) is 10.6. The Morgan fingerprint density at radius 3 is 2.85 bits per heavy atom. The van der Waals surface area contributed by atoms with Gasteiger partial charge in [-0.1, -0.05) is 30.9 Å². The van der Waals surface area contributed by atoms with E-state index in [2.05, 4.69) is 55.3 Å². The monoisotopic (exact) mass is 540 g/mol. The summed E-state index contributed by atoms with van der Waals surface area (Å²) in [5.41, 5.74) is 4.30. The van der Waals surface area contributed by atoms with Crippen molar-refractivity contribution in [2.24, 2.45) is 4.99 Å². The predicted octanol–water partition coefficient (Wildman–Crippen LogP) is 5.41. The maximum absolute atomic E-state index is 14.3. The number of nitrogens with zero attached hydrogens (tertiary/aromatic N) is 6. The topological polar surface area (TPSA) is 87.0 Å². The van der Waals surface area contributed by atoms with Crippen molar-refractivity contribution in [3.8, 4) is 5.69 Å². The molecule has 0 aliphatic carbocycles. The summed E-state index contributed by atoms with van der Waals surface area (Å²) in [5, 5.41) is 20.7. The Labute approximate surface area is 230 Å². The molecule has 2 aliphatic heterocycles. The van der Waals surface area contributed by atoms with Crippen molar-refractivity contribution < 1.29 is 8.78 Å². The van der Waals surface area contributed by atoms with Crippen LogP contribution in [0.5, 0.6) is 0 Å². The van der Waals surface area contributed by atoms with Crippen LogP contribution < -0.4 is 5.32 Å². The number of allylic oxidation sites excluding steroid dienone is 3. The second kappa shape index (κ2) is 10.6. The predicted molar refractivity (Wildman–Crippen MR) is 152 cm³/mol. The third-order valence-electron chi connectivity index (χ3n) is 7.66. The molecule has 40 heavy (non-hydrogen) atoms. The summed E-state index contributed by atoms with van der Waals surface area (Å²) in [6.07, 6.45) is 12.0. The molecule has 204 valence electrons. The van der Waals surface area contributed by atoms with Gasteiger partial charge < -0.3 is 5.32 Å². The summed E-state index contributed by atoms with van der Waals surface area (Å²) >= 11 is 0. The van der Waals surface area contributed by atoms with Crippen molar-refractivity contribution in [2.45, 2.75) is 38.1 Å². The number of aromatic nitrogens is 5. The van der Waals surface area contributed by atoms with Crippen LogP contribution in [-0.4, -0.2) is 49.4 Å². The molecule has 2 N–H and O–H groups in total. The highest BCUT2D eigenvalue weighted by atomic mass is 19.1. The Hall–Kier alpha value is -4.44. The van der Waals surface area contributed by atoms with Gasteiger partial charge in [0.25, 0.3) is 0 Å². The fourth-order valence-electron chi connectivity index (χ4n) is 5.49. The van der Waals surface area contributed by atoms with E-state index in [1.807, 2.05) is 36.7 Å². The minimum Gasteiger partial charge on any atom is -0.347 e. The summed E-state index contributed by atoms with van der Waals surface area (Å²) in [7, 11) is 0. The lowest BCUT2D eigenvalue weighted by Crippen LogP contribution is -2.44. The van der Waals surface area contributed by atoms with Crippen molar-refractivity contribution >= 4 is 22.7 Å². The zero-order valence-electron chi connectivity index (χ0n) is 22.2. The Morgan fingerprint density at radius 2 is 2.00 bits per heavy atom. The number of fused-ring (bicyclic) bond motifs is 1. The Morgan fingerprint density at radius 1 is 1.15 bits per heavy atom. The molecule has 6 rings (SSSR count). The van der Waals surface area contributed by atoms with Gasteiger partial charge in [0.15, 0.2) is 0 Å². The van der Waals surface area contributed by atoms with Gasteiger partial charge in [0.1, 0.15) is 17.5 Å². The second-order valence-electron chi connectivity index (χ2n) is 10.6. The summed E-state index contributed by atoms with van der Waals surface area (Å²) in [5.74, 6) is -0.453. The van der Waals surface area contributed by atoms with Gasteiger partial charge in [0.05, 0.1) is 28.8 Å². The zero-order chi connectivity index (χ0) is 27.7. The molecule has 1 fully saturated rings. The fourth-order valence-corrected chi connectivity index (χ4v) is 5.49. The number of hydrogen-bond acceptors (Lipinski definition) is 6. The van der Waals surface area contributed by atoms with Gasteiger partial charge in [-0.15, -0.1) is 5.10 Å². The molecule has 0 saturated carbocycles. The quantitative estimate of drug-likeness (QED) is 0.354. The largest absolute Gasteiger partial charge is 0.347 e. The van der Waals surface area contributed by atoms with E-state index >= 15 is 0 Å². The highest BCUT2D eigenvalue weighted by Gasteiger charge is 2.35. The van der Waals surface area contributed by atoms with Crippen LogP contribution in [0.4, 0.5) is 8.78 Å². The number of aromatic amines is 1. The van der Waals surface area contributed by atoms with Crippen LogP contribution in [-0.2, 0) is 12.0 Å². The highest BCUT2D eigenvalue weighted by Crippen LogP contribution is 2.34. The molecule has 8 nitrogen and oxygen atoms in total. The third kappa shape index (κ3) is 5.10. The van der Waals surface area contributed by atoms with Gasteiger partial charge in [0.2, 0.25) is 0 Å². The number of rotatable bonds is 5. The first-order chi connectivity index (χ1) is 19.4.